The molecule has 2 aromatic heterocycles. The standard InChI is InChI=1S/C32H39FN6O5/c1-32(2,3)44-31(41)39-18-38(23-9-7-8-10-24(23)39)29-27(33)22-17-37(16-19-11-12-21(42-5)13-25(19)43-6)30(40)26(22)28(35-29)20-14-34-36(4)15-20/h11-15,23-24H,7-10,16-18H2,1-6H3. The molecule has 6 rings (SSSR count). The highest BCUT2D eigenvalue weighted by Gasteiger charge is 2.47. The number of methoxy groups -OCH3 is 2. The molecule has 0 N–H and O–H groups in total. The number of fused-ring (bicyclic) bond motifs is 2. The van der Waals surface area contributed by atoms with E-state index in [2.05, 4.69) is 5.10 Å². The van der Waals surface area contributed by atoms with E-state index in [1.54, 1.807) is 60.3 Å². The minimum Gasteiger partial charge on any atom is -0.497 e. The second-order valence-electron chi connectivity index (χ2n) is 12.7. The Labute approximate surface area is 256 Å². The maximum absolute atomic E-state index is 16.7. The van der Waals surface area contributed by atoms with Crippen LogP contribution >= 0.6 is 0 Å². The summed E-state index contributed by atoms with van der Waals surface area (Å²) in [7, 11) is 4.92. The Morgan fingerprint density at radius 1 is 1.11 bits per heavy atom. The Morgan fingerprint density at radius 2 is 1.86 bits per heavy atom. The zero-order valence-electron chi connectivity index (χ0n) is 26.1. The van der Waals surface area contributed by atoms with Crippen LogP contribution in [0.2, 0.25) is 0 Å². The summed E-state index contributed by atoms with van der Waals surface area (Å²) in [6, 6.07) is 5.17. The van der Waals surface area contributed by atoms with Crippen LogP contribution < -0.4 is 14.4 Å². The van der Waals surface area contributed by atoms with E-state index in [4.69, 9.17) is 19.2 Å². The Morgan fingerprint density at radius 3 is 2.52 bits per heavy atom. The van der Waals surface area contributed by atoms with Gasteiger partial charge < -0.3 is 24.0 Å². The average molecular weight is 607 g/mol. The van der Waals surface area contributed by atoms with Gasteiger partial charge in [-0.3, -0.25) is 14.4 Å². The lowest BCUT2D eigenvalue weighted by Crippen LogP contribution is -2.44. The van der Waals surface area contributed by atoms with Crippen molar-refractivity contribution in [2.75, 3.05) is 25.8 Å². The van der Waals surface area contributed by atoms with E-state index in [1.165, 1.54) is 0 Å². The number of ether oxygens (including phenoxy) is 3. The second kappa shape index (κ2) is 11.3. The van der Waals surface area contributed by atoms with E-state index in [0.717, 1.165) is 31.2 Å². The van der Waals surface area contributed by atoms with E-state index in [9.17, 15) is 9.59 Å². The van der Waals surface area contributed by atoms with Crippen molar-refractivity contribution in [1.29, 1.82) is 0 Å². The molecule has 0 spiro atoms. The lowest BCUT2D eigenvalue weighted by molar-refractivity contribution is 0.0200. The van der Waals surface area contributed by atoms with E-state index in [1.807, 2.05) is 31.7 Å². The number of carbonyl (C=O) groups is 2. The summed E-state index contributed by atoms with van der Waals surface area (Å²) in [6.07, 6.45) is 6.54. The number of benzene rings is 1. The molecule has 2 aliphatic heterocycles. The van der Waals surface area contributed by atoms with Crippen molar-refractivity contribution in [3.8, 4) is 22.8 Å². The van der Waals surface area contributed by atoms with E-state index in [0.29, 0.717) is 22.8 Å². The van der Waals surface area contributed by atoms with Gasteiger partial charge in [0.15, 0.2) is 11.6 Å². The first kappa shape index (κ1) is 29.7. The summed E-state index contributed by atoms with van der Waals surface area (Å²) in [5, 5.41) is 4.30. The van der Waals surface area contributed by atoms with E-state index in [-0.39, 0.29) is 54.7 Å². The van der Waals surface area contributed by atoms with Crippen LogP contribution in [0.1, 0.15) is 67.9 Å². The lowest BCUT2D eigenvalue weighted by Gasteiger charge is -2.33. The van der Waals surface area contributed by atoms with Gasteiger partial charge in [-0.2, -0.15) is 5.10 Å². The molecule has 2 amide bonds. The van der Waals surface area contributed by atoms with Crippen LogP contribution in [0, 0.1) is 5.82 Å². The number of rotatable bonds is 6. The number of anilines is 1. The molecule has 2 atom stereocenters. The van der Waals surface area contributed by atoms with Crippen molar-refractivity contribution < 1.29 is 28.2 Å². The topological polar surface area (TPSA) is 102 Å². The number of carbonyl (C=O) groups excluding carboxylic acids is 2. The van der Waals surface area contributed by atoms with E-state index >= 15 is 4.39 Å². The van der Waals surface area contributed by atoms with Crippen LogP contribution in [0.15, 0.2) is 30.6 Å². The second-order valence-corrected chi connectivity index (χ2v) is 12.7. The molecule has 1 saturated carbocycles. The minimum atomic E-state index is -0.657. The molecule has 2 unspecified atom stereocenters. The molecule has 3 aliphatic rings. The number of hydrogen-bond acceptors (Lipinski definition) is 8. The highest BCUT2D eigenvalue weighted by atomic mass is 19.1. The molecule has 44 heavy (non-hydrogen) atoms. The van der Waals surface area contributed by atoms with Crippen molar-refractivity contribution in [2.24, 2.45) is 7.05 Å². The Bertz CT molecular complexity index is 1600. The van der Waals surface area contributed by atoms with Gasteiger partial charge in [-0.05, 0) is 45.7 Å². The SMILES string of the molecule is COc1ccc(CN2Cc3c(F)c(N4CN(C(=O)OC(C)(C)C)C5CCCCC54)nc(-c4cnn(C)c4)c3C2=O)c(OC)c1. The minimum absolute atomic E-state index is 0.0652. The maximum atomic E-state index is 16.7. The van der Waals surface area contributed by atoms with Gasteiger partial charge in [0.05, 0.1) is 57.0 Å². The van der Waals surface area contributed by atoms with Crippen molar-refractivity contribution in [1.82, 2.24) is 24.6 Å². The molecule has 11 nitrogen and oxygen atoms in total. The number of nitrogens with zero attached hydrogens (tertiary/aromatic N) is 6. The monoisotopic (exact) mass is 606 g/mol. The summed E-state index contributed by atoms with van der Waals surface area (Å²) >= 11 is 0. The molecule has 0 bridgehead atoms. The lowest BCUT2D eigenvalue weighted by atomic mass is 9.90. The molecular weight excluding hydrogens is 567 g/mol. The number of aryl methyl sites for hydroxylation is 1. The van der Waals surface area contributed by atoms with Crippen LogP contribution in [-0.4, -0.2) is 75.1 Å². The van der Waals surface area contributed by atoms with Gasteiger partial charge in [-0.15, -0.1) is 0 Å². The molecule has 3 aromatic rings. The molecule has 1 saturated heterocycles. The smallest absolute Gasteiger partial charge is 0.412 e. The van der Waals surface area contributed by atoms with Gasteiger partial charge in [-0.25, -0.2) is 14.2 Å². The van der Waals surface area contributed by atoms with Crippen LogP contribution in [0.4, 0.5) is 15.0 Å². The van der Waals surface area contributed by atoms with E-state index < -0.39 is 17.5 Å². The number of halogens is 1. The number of amides is 2. The largest absolute Gasteiger partial charge is 0.497 e. The fraction of sp³-hybridized carbons (Fsp3) is 0.500. The molecule has 4 heterocycles. The van der Waals surface area contributed by atoms with Crippen molar-refractivity contribution in [3.05, 3.63) is 53.1 Å². The maximum Gasteiger partial charge on any atom is 0.412 e. The van der Waals surface area contributed by atoms with Gasteiger partial charge in [-0.1, -0.05) is 12.8 Å². The van der Waals surface area contributed by atoms with Crippen LogP contribution in [0.5, 0.6) is 11.5 Å². The van der Waals surface area contributed by atoms with Crippen molar-refractivity contribution >= 4 is 17.8 Å². The van der Waals surface area contributed by atoms with Crippen molar-refractivity contribution in [3.63, 3.8) is 0 Å². The van der Waals surface area contributed by atoms with Gasteiger partial charge in [0.1, 0.15) is 17.1 Å². The van der Waals surface area contributed by atoms with Crippen LogP contribution in [-0.2, 0) is 24.9 Å². The quantitative estimate of drug-likeness (QED) is 0.381. The third-order valence-corrected chi connectivity index (χ3v) is 8.60. The van der Waals surface area contributed by atoms with Gasteiger partial charge in [0, 0.05) is 42.5 Å². The highest BCUT2D eigenvalue weighted by molar-refractivity contribution is 6.04. The predicted molar refractivity (Wildman–Crippen MR) is 161 cm³/mol. The molecule has 1 aliphatic carbocycles. The Balaban J connectivity index is 1.40. The molecule has 0 radical (unpaired) electrons. The summed E-state index contributed by atoms with van der Waals surface area (Å²) in [5.74, 6) is 0.486. The third kappa shape index (κ3) is 5.30. The Kier molecular flexibility index (Phi) is 7.63. The van der Waals surface area contributed by atoms with Crippen molar-refractivity contribution in [2.45, 2.75) is 77.2 Å². The zero-order chi connectivity index (χ0) is 31.3. The number of hydrogen-bond donors (Lipinski definition) is 0. The summed E-state index contributed by atoms with van der Waals surface area (Å²) in [4.78, 5) is 37.3. The molecule has 1 aromatic carbocycles. The first-order chi connectivity index (χ1) is 21.0. The van der Waals surface area contributed by atoms with Gasteiger partial charge in [0.2, 0.25) is 0 Å². The average Bonchev–Trinajstić information content (AvgIpc) is 3.69. The van der Waals surface area contributed by atoms with Gasteiger partial charge >= 0.3 is 6.09 Å². The predicted octanol–water partition coefficient (Wildman–Crippen LogP) is 5.12. The van der Waals surface area contributed by atoms with Gasteiger partial charge in [0.25, 0.3) is 5.91 Å². The molecule has 2 fully saturated rings. The summed E-state index contributed by atoms with van der Waals surface area (Å²) in [6.45, 7) is 5.94. The fourth-order valence-corrected chi connectivity index (χ4v) is 6.59. The molecule has 234 valence electrons. The first-order valence-corrected chi connectivity index (χ1v) is 15.0. The normalized spacial score (nSPS) is 19.7. The number of aromatic nitrogens is 3. The number of pyridine rings is 1. The zero-order valence-corrected chi connectivity index (χ0v) is 26.1. The fourth-order valence-electron chi connectivity index (χ4n) is 6.59. The van der Waals surface area contributed by atoms with Crippen LogP contribution in [0.3, 0.4) is 0 Å². The summed E-state index contributed by atoms with van der Waals surface area (Å²) in [5.41, 5.74) is 1.62. The summed E-state index contributed by atoms with van der Waals surface area (Å²) < 4.78 is 35.0. The van der Waals surface area contributed by atoms with Crippen LogP contribution in [0.25, 0.3) is 11.3 Å². The first-order valence-electron chi connectivity index (χ1n) is 15.0. The third-order valence-electron chi connectivity index (χ3n) is 8.60. The molecular formula is C32H39FN6O5. The highest BCUT2D eigenvalue weighted by Crippen LogP contribution is 2.42. The Hall–Kier alpha value is -4.35. The molecule has 12 heteroatoms.